The molecule has 1 heterocycles. The zero-order valence-electron chi connectivity index (χ0n) is 10.8. The van der Waals surface area contributed by atoms with Gasteiger partial charge in [0.25, 0.3) is 0 Å². The third-order valence-electron chi connectivity index (χ3n) is 3.22. The minimum absolute atomic E-state index is 0.153. The van der Waals surface area contributed by atoms with Crippen molar-refractivity contribution < 1.29 is 13.5 Å². The number of hydrogen-bond acceptors (Lipinski definition) is 3. The first-order chi connectivity index (χ1) is 9.72. The van der Waals surface area contributed by atoms with Crippen LogP contribution < -0.4 is 10.1 Å². The van der Waals surface area contributed by atoms with E-state index in [4.69, 9.17) is 0 Å². The Hall–Kier alpha value is -2.11. The van der Waals surface area contributed by atoms with Gasteiger partial charge in [0.05, 0.1) is 18.6 Å². The average Bonchev–Trinajstić information content (AvgIpc) is 3.15. The molecule has 1 aromatic carbocycles. The average molecular weight is 279 g/mol. The lowest BCUT2D eigenvalue weighted by Gasteiger charge is -2.10. The molecule has 0 spiro atoms. The van der Waals surface area contributed by atoms with Crippen LogP contribution in [0, 0.1) is 0 Å². The van der Waals surface area contributed by atoms with Crippen LogP contribution in [0.2, 0.25) is 0 Å². The summed E-state index contributed by atoms with van der Waals surface area (Å²) in [5.74, 6) is 0.153. The summed E-state index contributed by atoms with van der Waals surface area (Å²) in [5.41, 5.74) is 1.83. The molecule has 106 valence electrons. The number of rotatable bonds is 6. The minimum atomic E-state index is -2.80. The van der Waals surface area contributed by atoms with E-state index in [0.29, 0.717) is 12.6 Å². The zero-order valence-corrected chi connectivity index (χ0v) is 10.8. The molecular formula is C14H15F2N3O. The van der Waals surface area contributed by atoms with Gasteiger partial charge >= 0.3 is 6.61 Å². The standard InChI is InChI=1S/C14H15F2N3O/c15-14(16)20-13-3-1-2-10(6-13)18-8-12-7-17-9-19(12)11-4-5-11/h1-3,6-7,9,11,14,18H,4-5,8H2. The summed E-state index contributed by atoms with van der Waals surface area (Å²) in [7, 11) is 0. The number of alkyl halides is 2. The van der Waals surface area contributed by atoms with Gasteiger partial charge < -0.3 is 14.6 Å². The molecule has 4 nitrogen and oxygen atoms in total. The van der Waals surface area contributed by atoms with Crippen molar-refractivity contribution in [3.05, 3.63) is 42.5 Å². The first-order valence-electron chi connectivity index (χ1n) is 6.52. The highest BCUT2D eigenvalue weighted by atomic mass is 19.3. The van der Waals surface area contributed by atoms with Crippen molar-refractivity contribution in [2.75, 3.05) is 5.32 Å². The van der Waals surface area contributed by atoms with Gasteiger partial charge in [-0.2, -0.15) is 8.78 Å². The highest BCUT2D eigenvalue weighted by molar-refractivity contribution is 5.48. The molecule has 2 aromatic rings. The van der Waals surface area contributed by atoms with E-state index in [2.05, 4.69) is 19.6 Å². The second-order valence-corrected chi connectivity index (χ2v) is 4.78. The maximum absolute atomic E-state index is 12.2. The number of hydrogen-bond donors (Lipinski definition) is 1. The van der Waals surface area contributed by atoms with Crippen molar-refractivity contribution >= 4 is 5.69 Å². The first kappa shape index (κ1) is 12.9. The highest BCUT2D eigenvalue weighted by Gasteiger charge is 2.24. The van der Waals surface area contributed by atoms with Crippen LogP contribution in [-0.4, -0.2) is 16.2 Å². The Morgan fingerprint density at radius 1 is 1.40 bits per heavy atom. The van der Waals surface area contributed by atoms with Crippen LogP contribution in [0.25, 0.3) is 0 Å². The lowest BCUT2D eigenvalue weighted by atomic mass is 10.3. The summed E-state index contributed by atoms with van der Waals surface area (Å²) < 4.78 is 30.8. The molecule has 1 aromatic heterocycles. The quantitative estimate of drug-likeness (QED) is 0.880. The second-order valence-electron chi connectivity index (χ2n) is 4.78. The van der Waals surface area contributed by atoms with E-state index < -0.39 is 6.61 Å². The fourth-order valence-electron chi connectivity index (χ4n) is 2.13. The fourth-order valence-corrected chi connectivity index (χ4v) is 2.13. The number of benzene rings is 1. The van der Waals surface area contributed by atoms with Gasteiger partial charge in [-0.25, -0.2) is 4.98 Å². The Bertz CT molecular complexity index is 581. The van der Waals surface area contributed by atoms with Gasteiger partial charge in [0.15, 0.2) is 0 Å². The maximum atomic E-state index is 12.2. The molecule has 0 bridgehead atoms. The number of halogens is 2. The third-order valence-corrected chi connectivity index (χ3v) is 3.22. The van der Waals surface area contributed by atoms with Gasteiger partial charge in [-0.1, -0.05) is 6.07 Å². The lowest BCUT2D eigenvalue weighted by molar-refractivity contribution is -0.0498. The molecule has 1 N–H and O–H groups in total. The first-order valence-corrected chi connectivity index (χ1v) is 6.52. The van der Waals surface area contributed by atoms with E-state index in [0.717, 1.165) is 11.4 Å². The minimum Gasteiger partial charge on any atom is -0.435 e. The van der Waals surface area contributed by atoms with Gasteiger partial charge in [0.1, 0.15) is 5.75 Å². The fraction of sp³-hybridized carbons (Fsp3) is 0.357. The van der Waals surface area contributed by atoms with Crippen LogP contribution in [0.15, 0.2) is 36.8 Å². The lowest BCUT2D eigenvalue weighted by Crippen LogP contribution is -2.06. The molecule has 1 saturated carbocycles. The van der Waals surface area contributed by atoms with Crippen molar-refractivity contribution in [1.29, 1.82) is 0 Å². The maximum Gasteiger partial charge on any atom is 0.387 e. The smallest absolute Gasteiger partial charge is 0.387 e. The summed E-state index contributed by atoms with van der Waals surface area (Å²) >= 11 is 0. The normalized spacial score (nSPS) is 14.6. The predicted molar refractivity (Wildman–Crippen MR) is 70.9 cm³/mol. The van der Waals surface area contributed by atoms with Crippen LogP contribution in [-0.2, 0) is 6.54 Å². The molecule has 0 unspecified atom stereocenters. The Kier molecular flexibility index (Phi) is 3.54. The third kappa shape index (κ3) is 3.07. The van der Waals surface area contributed by atoms with E-state index >= 15 is 0 Å². The van der Waals surface area contributed by atoms with Crippen LogP contribution in [0.5, 0.6) is 5.75 Å². The Labute approximate surface area is 115 Å². The van der Waals surface area contributed by atoms with Crippen LogP contribution in [0.4, 0.5) is 14.5 Å². The molecule has 20 heavy (non-hydrogen) atoms. The topological polar surface area (TPSA) is 39.1 Å². The summed E-state index contributed by atoms with van der Waals surface area (Å²) in [6.07, 6.45) is 6.05. The molecule has 0 atom stereocenters. The number of aromatic nitrogens is 2. The Morgan fingerprint density at radius 2 is 2.25 bits per heavy atom. The molecule has 0 aliphatic heterocycles. The number of nitrogens with zero attached hydrogens (tertiary/aromatic N) is 2. The van der Waals surface area contributed by atoms with Crippen LogP contribution in [0.3, 0.4) is 0 Å². The molecule has 1 fully saturated rings. The molecule has 1 aliphatic carbocycles. The van der Waals surface area contributed by atoms with Gasteiger partial charge in [-0.3, -0.25) is 0 Å². The SMILES string of the molecule is FC(F)Oc1cccc(NCc2cncn2C2CC2)c1. The molecule has 0 saturated heterocycles. The van der Waals surface area contributed by atoms with E-state index in [9.17, 15) is 8.78 Å². The van der Waals surface area contributed by atoms with Crippen molar-refractivity contribution in [3.8, 4) is 5.75 Å². The molecule has 0 amide bonds. The zero-order chi connectivity index (χ0) is 13.9. The summed E-state index contributed by atoms with van der Waals surface area (Å²) in [6, 6.07) is 7.13. The predicted octanol–water partition coefficient (Wildman–Crippen LogP) is 3.43. The highest BCUT2D eigenvalue weighted by Crippen LogP contribution is 2.35. The van der Waals surface area contributed by atoms with Crippen LogP contribution in [0.1, 0.15) is 24.6 Å². The van der Waals surface area contributed by atoms with Crippen molar-refractivity contribution in [3.63, 3.8) is 0 Å². The van der Waals surface area contributed by atoms with Gasteiger partial charge in [-0.15, -0.1) is 0 Å². The van der Waals surface area contributed by atoms with Crippen molar-refractivity contribution in [2.24, 2.45) is 0 Å². The van der Waals surface area contributed by atoms with E-state index in [-0.39, 0.29) is 5.75 Å². The Balaban J connectivity index is 1.64. The summed E-state index contributed by atoms with van der Waals surface area (Å²) in [5, 5.41) is 3.20. The monoisotopic (exact) mass is 279 g/mol. The Morgan fingerprint density at radius 3 is 3.00 bits per heavy atom. The second kappa shape index (κ2) is 5.48. The van der Waals surface area contributed by atoms with Crippen molar-refractivity contribution in [1.82, 2.24) is 9.55 Å². The molecule has 0 radical (unpaired) electrons. The molecular weight excluding hydrogens is 264 g/mol. The van der Waals surface area contributed by atoms with E-state index in [1.54, 1.807) is 12.1 Å². The number of imidazole rings is 1. The number of ether oxygens (including phenoxy) is 1. The number of anilines is 1. The molecule has 3 rings (SSSR count). The largest absolute Gasteiger partial charge is 0.435 e. The molecule has 6 heteroatoms. The number of nitrogens with one attached hydrogen (secondary N) is 1. The molecule has 1 aliphatic rings. The van der Waals surface area contributed by atoms with E-state index in [1.807, 2.05) is 18.6 Å². The summed E-state index contributed by atoms with van der Waals surface area (Å²) in [4.78, 5) is 4.15. The van der Waals surface area contributed by atoms with Gasteiger partial charge in [0, 0.05) is 24.0 Å². The van der Waals surface area contributed by atoms with E-state index in [1.165, 1.54) is 18.9 Å². The van der Waals surface area contributed by atoms with Gasteiger partial charge in [0.2, 0.25) is 0 Å². The summed E-state index contributed by atoms with van der Waals surface area (Å²) in [6.45, 7) is -2.20. The van der Waals surface area contributed by atoms with Gasteiger partial charge in [-0.05, 0) is 25.0 Å². The van der Waals surface area contributed by atoms with Crippen molar-refractivity contribution in [2.45, 2.75) is 32.0 Å². The van der Waals surface area contributed by atoms with Crippen LogP contribution >= 0.6 is 0 Å².